The Labute approximate surface area is 113 Å². The fraction of sp³-hybridized carbons (Fsp3) is 0. The molecule has 2 N–H and O–H groups in total. The standard InChI is InChI=1S/C13H8N4OS/c14-6-8-3-4-16-7-12(8)19-13-17-10-2-1-9(15)5-11(10)18-13/h1-5,7H,15H2. The van der Waals surface area contributed by atoms with Gasteiger partial charge in [-0.2, -0.15) is 5.26 Å². The van der Waals surface area contributed by atoms with Gasteiger partial charge in [0.15, 0.2) is 5.58 Å². The first-order valence-electron chi connectivity index (χ1n) is 5.44. The summed E-state index contributed by atoms with van der Waals surface area (Å²) in [5.74, 6) is 0. The van der Waals surface area contributed by atoms with Crippen molar-refractivity contribution in [3.05, 3.63) is 42.2 Å². The minimum atomic E-state index is 0.463. The number of hydrogen-bond donors (Lipinski definition) is 1. The molecule has 2 aromatic heterocycles. The first-order valence-corrected chi connectivity index (χ1v) is 6.26. The van der Waals surface area contributed by atoms with Gasteiger partial charge in [0.2, 0.25) is 0 Å². The van der Waals surface area contributed by atoms with Crippen molar-refractivity contribution in [2.75, 3.05) is 5.73 Å². The van der Waals surface area contributed by atoms with Crippen LogP contribution in [0.2, 0.25) is 0 Å². The summed E-state index contributed by atoms with van der Waals surface area (Å²) in [6, 6.07) is 9.05. The van der Waals surface area contributed by atoms with Crippen LogP contribution < -0.4 is 5.73 Å². The lowest BCUT2D eigenvalue weighted by molar-refractivity contribution is 0.489. The molecule has 0 amide bonds. The van der Waals surface area contributed by atoms with Crippen LogP contribution in [0.3, 0.4) is 0 Å². The van der Waals surface area contributed by atoms with Crippen molar-refractivity contribution in [1.82, 2.24) is 9.97 Å². The summed E-state index contributed by atoms with van der Waals surface area (Å²) in [7, 11) is 0. The largest absolute Gasteiger partial charge is 0.431 e. The van der Waals surface area contributed by atoms with Crippen LogP contribution in [0.4, 0.5) is 5.69 Å². The summed E-state index contributed by atoms with van der Waals surface area (Å²) in [6.07, 6.45) is 3.20. The smallest absolute Gasteiger partial charge is 0.261 e. The van der Waals surface area contributed by atoms with Crippen molar-refractivity contribution in [1.29, 1.82) is 5.26 Å². The topological polar surface area (TPSA) is 88.7 Å². The maximum Gasteiger partial charge on any atom is 0.261 e. The average molecular weight is 268 g/mol. The summed E-state index contributed by atoms with van der Waals surface area (Å²) in [6.45, 7) is 0. The van der Waals surface area contributed by atoms with Crippen LogP contribution in [0.25, 0.3) is 11.1 Å². The molecule has 0 spiro atoms. The average Bonchev–Trinajstić information content (AvgIpc) is 2.80. The highest BCUT2D eigenvalue weighted by Gasteiger charge is 2.10. The quantitative estimate of drug-likeness (QED) is 0.719. The maximum atomic E-state index is 9.01. The number of nitrogens with zero attached hydrogens (tertiary/aromatic N) is 3. The molecule has 5 nitrogen and oxygen atoms in total. The van der Waals surface area contributed by atoms with Crippen LogP contribution >= 0.6 is 11.8 Å². The Morgan fingerprint density at radius 1 is 1.32 bits per heavy atom. The molecule has 0 atom stereocenters. The first kappa shape index (κ1) is 11.6. The number of anilines is 1. The summed E-state index contributed by atoms with van der Waals surface area (Å²) in [4.78, 5) is 9.04. The minimum absolute atomic E-state index is 0.463. The van der Waals surface area contributed by atoms with Gasteiger partial charge in [-0.25, -0.2) is 4.98 Å². The van der Waals surface area contributed by atoms with Gasteiger partial charge in [0.25, 0.3) is 5.22 Å². The van der Waals surface area contributed by atoms with E-state index >= 15 is 0 Å². The number of fused-ring (bicyclic) bond motifs is 1. The lowest BCUT2D eigenvalue weighted by Gasteiger charge is -1.97. The van der Waals surface area contributed by atoms with E-state index in [9.17, 15) is 0 Å². The number of nitriles is 1. The molecule has 0 fully saturated rings. The number of oxazole rings is 1. The first-order chi connectivity index (χ1) is 9.26. The van der Waals surface area contributed by atoms with Crippen molar-refractivity contribution < 1.29 is 4.42 Å². The monoisotopic (exact) mass is 268 g/mol. The Kier molecular flexibility index (Phi) is 2.82. The predicted molar refractivity (Wildman–Crippen MR) is 71.5 cm³/mol. The Hall–Kier alpha value is -2.52. The molecule has 3 rings (SSSR count). The molecular weight excluding hydrogens is 260 g/mol. The van der Waals surface area contributed by atoms with Gasteiger partial charge in [0.05, 0.1) is 10.5 Å². The second-order valence-electron chi connectivity index (χ2n) is 3.79. The SMILES string of the molecule is N#Cc1ccncc1Sc1nc2ccc(N)cc2o1. The van der Waals surface area contributed by atoms with E-state index in [1.807, 2.05) is 0 Å². The van der Waals surface area contributed by atoms with Gasteiger partial charge in [-0.15, -0.1) is 0 Å². The molecular formula is C13H8N4OS. The van der Waals surface area contributed by atoms with Crippen LogP contribution in [0.1, 0.15) is 5.56 Å². The van der Waals surface area contributed by atoms with E-state index in [-0.39, 0.29) is 0 Å². The van der Waals surface area contributed by atoms with Crippen molar-refractivity contribution in [2.45, 2.75) is 10.1 Å². The van der Waals surface area contributed by atoms with E-state index < -0.39 is 0 Å². The van der Waals surface area contributed by atoms with Gasteiger partial charge >= 0.3 is 0 Å². The number of nitrogen functional groups attached to an aromatic ring is 1. The van der Waals surface area contributed by atoms with E-state index in [0.29, 0.717) is 27.0 Å². The number of hydrogen-bond acceptors (Lipinski definition) is 6. The highest BCUT2D eigenvalue weighted by molar-refractivity contribution is 7.99. The molecule has 0 bridgehead atoms. The number of rotatable bonds is 2. The zero-order valence-corrected chi connectivity index (χ0v) is 10.5. The van der Waals surface area contributed by atoms with Crippen LogP contribution in [0.15, 0.2) is 51.2 Å². The molecule has 1 aromatic carbocycles. The number of aromatic nitrogens is 2. The van der Waals surface area contributed by atoms with Crippen molar-refractivity contribution in [2.24, 2.45) is 0 Å². The highest BCUT2D eigenvalue weighted by atomic mass is 32.2. The molecule has 92 valence electrons. The van der Waals surface area contributed by atoms with Gasteiger partial charge in [-0.1, -0.05) is 0 Å². The van der Waals surface area contributed by atoms with Gasteiger partial charge < -0.3 is 10.2 Å². The third-order valence-corrected chi connectivity index (χ3v) is 3.39. The fourth-order valence-electron chi connectivity index (χ4n) is 1.61. The summed E-state index contributed by atoms with van der Waals surface area (Å²) in [5.41, 5.74) is 8.22. The molecule has 0 radical (unpaired) electrons. The molecule has 2 heterocycles. The van der Waals surface area contributed by atoms with Gasteiger partial charge in [0.1, 0.15) is 11.6 Å². The zero-order valence-electron chi connectivity index (χ0n) is 9.70. The second-order valence-corrected chi connectivity index (χ2v) is 4.79. The van der Waals surface area contributed by atoms with E-state index in [0.717, 1.165) is 5.52 Å². The van der Waals surface area contributed by atoms with Crippen molar-refractivity contribution in [3.8, 4) is 6.07 Å². The van der Waals surface area contributed by atoms with Crippen LogP contribution in [0, 0.1) is 11.3 Å². The number of benzene rings is 1. The van der Waals surface area contributed by atoms with E-state index in [1.165, 1.54) is 11.8 Å². The van der Waals surface area contributed by atoms with Crippen LogP contribution in [-0.4, -0.2) is 9.97 Å². The third-order valence-electron chi connectivity index (χ3n) is 2.50. The fourth-order valence-corrected chi connectivity index (χ4v) is 2.41. The van der Waals surface area contributed by atoms with Crippen molar-refractivity contribution in [3.63, 3.8) is 0 Å². The Bertz CT molecular complexity index is 791. The Morgan fingerprint density at radius 3 is 3.05 bits per heavy atom. The molecule has 0 aliphatic rings. The van der Waals surface area contributed by atoms with Gasteiger partial charge in [0, 0.05) is 24.1 Å². The van der Waals surface area contributed by atoms with Gasteiger partial charge in [-0.3, -0.25) is 4.98 Å². The molecule has 0 saturated heterocycles. The predicted octanol–water partition coefficient (Wildman–Crippen LogP) is 2.83. The lowest BCUT2D eigenvalue weighted by Crippen LogP contribution is -1.82. The minimum Gasteiger partial charge on any atom is -0.431 e. The van der Waals surface area contributed by atoms with Crippen LogP contribution in [-0.2, 0) is 0 Å². The lowest BCUT2D eigenvalue weighted by atomic mass is 10.3. The van der Waals surface area contributed by atoms with E-state index in [2.05, 4.69) is 16.0 Å². The number of pyridine rings is 1. The summed E-state index contributed by atoms with van der Waals surface area (Å²) in [5, 5.41) is 9.48. The summed E-state index contributed by atoms with van der Waals surface area (Å²) >= 11 is 1.27. The number of nitrogens with two attached hydrogens (primary N) is 1. The molecule has 0 saturated carbocycles. The van der Waals surface area contributed by atoms with Crippen LogP contribution in [0.5, 0.6) is 0 Å². The van der Waals surface area contributed by atoms with E-state index in [4.69, 9.17) is 15.4 Å². The summed E-state index contributed by atoms with van der Waals surface area (Å²) < 4.78 is 5.59. The molecule has 19 heavy (non-hydrogen) atoms. The highest BCUT2D eigenvalue weighted by Crippen LogP contribution is 2.31. The maximum absolute atomic E-state index is 9.01. The second kappa shape index (κ2) is 4.63. The third kappa shape index (κ3) is 2.23. The van der Waals surface area contributed by atoms with E-state index in [1.54, 1.807) is 36.7 Å². The molecule has 6 heteroatoms. The molecule has 0 unspecified atom stereocenters. The van der Waals surface area contributed by atoms with Crippen molar-refractivity contribution >= 4 is 28.5 Å². The normalized spacial score (nSPS) is 10.5. The zero-order chi connectivity index (χ0) is 13.2. The van der Waals surface area contributed by atoms with Gasteiger partial charge in [-0.05, 0) is 30.0 Å². The molecule has 0 aliphatic heterocycles. The Balaban J connectivity index is 1.99. The molecule has 0 aliphatic carbocycles. The Morgan fingerprint density at radius 2 is 2.21 bits per heavy atom. The molecule has 3 aromatic rings.